The summed E-state index contributed by atoms with van der Waals surface area (Å²) in [4.78, 5) is 60.8. The Hall–Kier alpha value is -6.33. The lowest BCUT2D eigenvalue weighted by Crippen LogP contribution is -2.51. The van der Waals surface area contributed by atoms with Gasteiger partial charge in [-0.15, -0.1) is 0 Å². The average molecular weight is 871 g/mol. The number of amides is 3. The number of alkyl carbamates (subject to hydrolysis) is 1. The average Bonchev–Trinajstić information content (AvgIpc) is 4.15. The van der Waals surface area contributed by atoms with Crippen molar-refractivity contribution in [2.45, 2.75) is 70.3 Å². The van der Waals surface area contributed by atoms with E-state index < -0.39 is 24.6 Å². The molecule has 4 aromatic carbocycles. The largest absolute Gasteiger partial charge is 0.488 e. The van der Waals surface area contributed by atoms with Crippen LogP contribution in [0, 0.1) is 11.8 Å². The summed E-state index contributed by atoms with van der Waals surface area (Å²) < 4.78 is 21.9. The van der Waals surface area contributed by atoms with E-state index in [-0.39, 0.29) is 35.7 Å². The first-order valence-electron chi connectivity index (χ1n) is 21.8. The number of nitrogens with one attached hydrogen (secondary N) is 4. The Morgan fingerprint density at radius 3 is 2.53 bits per heavy atom. The number of hydrogen-bond donors (Lipinski definition) is 5. The first-order valence-corrected chi connectivity index (χ1v) is 21.8. The van der Waals surface area contributed by atoms with Gasteiger partial charge < -0.3 is 49.1 Å². The molecule has 9 rings (SSSR count). The second kappa shape index (κ2) is 18.0. The van der Waals surface area contributed by atoms with Crippen molar-refractivity contribution in [3.8, 4) is 28.1 Å². The maximum Gasteiger partial charge on any atom is 0.407 e. The van der Waals surface area contributed by atoms with Crippen molar-refractivity contribution in [2.24, 2.45) is 11.8 Å². The number of aliphatic hydroxyl groups is 1. The summed E-state index contributed by atoms with van der Waals surface area (Å²) in [6, 6.07) is 21.8. The lowest BCUT2D eigenvalue weighted by atomic mass is 9.92. The summed E-state index contributed by atoms with van der Waals surface area (Å²) >= 11 is 0. The summed E-state index contributed by atoms with van der Waals surface area (Å²) in [6.45, 7) is 5.70. The highest BCUT2D eigenvalue weighted by atomic mass is 16.6. The lowest BCUT2D eigenvalue weighted by molar-refractivity contribution is -0.143. The Morgan fingerprint density at radius 1 is 0.938 bits per heavy atom. The van der Waals surface area contributed by atoms with Crippen LogP contribution in [-0.4, -0.2) is 106 Å². The maximum atomic E-state index is 14.5. The molecule has 3 aliphatic heterocycles. The number of likely N-dealkylation sites (tertiary alicyclic amines) is 2. The molecular weight excluding hydrogens is 817 g/mol. The number of hydrogen-bond acceptors (Lipinski definition) is 11. The van der Waals surface area contributed by atoms with Crippen LogP contribution in [0.4, 0.5) is 4.79 Å². The molecule has 6 unspecified atom stereocenters. The molecule has 16 nitrogen and oxygen atoms in total. The van der Waals surface area contributed by atoms with Crippen LogP contribution < -0.4 is 15.4 Å². The van der Waals surface area contributed by atoms with Gasteiger partial charge in [-0.1, -0.05) is 62.4 Å². The Bertz CT molecular complexity index is 2680. The minimum atomic E-state index is -1.34. The molecule has 0 bridgehead atoms. The molecule has 2 fully saturated rings. The first kappa shape index (κ1) is 42.9. The Kier molecular flexibility index (Phi) is 12.1. The third-order valence-electron chi connectivity index (χ3n) is 12.8. The smallest absolute Gasteiger partial charge is 0.407 e. The molecule has 0 radical (unpaired) electrons. The molecule has 64 heavy (non-hydrogen) atoms. The normalized spacial score (nSPS) is 19.6. The van der Waals surface area contributed by atoms with Gasteiger partial charge in [0.05, 0.1) is 48.7 Å². The van der Waals surface area contributed by atoms with Gasteiger partial charge in [0.25, 0.3) is 0 Å². The summed E-state index contributed by atoms with van der Waals surface area (Å²) in [5.41, 5.74) is 7.22. The number of imidazole rings is 2. The number of rotatable bonds is 13. The van der Waals surface area contributed by atoms with Crippen molar-refractivity contribution in [1.29, 1.82) is 0 Å². The maximum absolute atomic E-state index is 14.5. The van der Waals surface area contributed by atoms with E-state index in [4.69, 9.17) is 28.9 Å². The van der Waals surface area contributed by atoms with Gasteiger partial charge in [0, 0.05) is 44.2 Å². The predicted octanol–water partition coefficient (Wildman–Crippen LogP) is 6.50. The van der Waals surface area contributed by atoms with Crippen molar-refractivity contribution >= 4 is 39.7 Å². The zero-order chi connectivity index (χ0) is 44.6. The van der Waals surface area contributed by atoms with E-state index in [0.717, 1.165) is 68.3 Å². The van der Waals surface area contributed by atoms with E-state index >= 15 is 0 Å². The number of nitrogens with zero attached hydrogens (tertiary/aromatic N) is 4. The number of aliphatic hydroxyl groups excluding tert-OH is 1. The highest BCUT2D eigenvalue weighted by Gasteiger charge is 2.42. The van der Waals surface area contributed by atoms with E-state index in [1.165, 1.54) is 14.2 Å². The molecule has 5 heterocycles. The fourth-order valence-corrected chi connectivity index (χ4v) is 9.59. The fourth-order valence-electron chi connectivity index (χ4n) is 9.59. The molecule has 0 saturated carbocycles. The van der Waals surface area contributed by atoms with Crippen LogP contribution in [0.2, 0.25) is 0 Å². The van der Waals surface area contributed by atoms with Crippen LogP contribution in [0.3, 0.4) is 0 Å². The number of carbonyl (C=O) groups is 3. The Balaban J connectivity index is 0.976. The third kappa shape index (κ3) is 8.17. The van der Waals surface area contributed by atoms with E-state index in [1.54, 1.807) is 7.11 Å². The SMILES string of the molecule is COCC1CC(c2nc3c(ccc4cc5c(cc43)OCc3cc(-c4cnc(C6CCCN6C(=O)C(NC(=O)OC)C(C)C)[nH]4)ccc3-5)[nH]2)N(C(=O)C(NC(O)OC)c2ccccc2)C1. The lowest BCUT2D eigenvalue weighted by Gasteiger charge is -2.30. The number of methoxy groups -OCH3 is 3. The van der Waals surface area contributed by atoms with Crippen molar-refractivity contribution in [3.05, 3.63) is 102 Å². The van der Waals surface area contributed by atoms with Crippen molar-refractivity contribution < 1.29 is 38.4 Å². The molecule has 3 aliphatic rings. The number of fused-ring (bicyclic) bond motifs is 6. The summed E-state index contributed by atoms with van der Waals surface area (Å²) in [7, 11) is 4.33. The van der Waals surface area contributed by atoms with Gasteiger partial charge in [0.2, 0.25) is 18.2 Å². The van der Waals surface area contributed by atoms with Crippen LogP contribution in [0.25, 0.3) is 44.2 Å². The summed E-state index contributed by atoms with van der Waals surface area (Å²) in [6.07, 6.45) is 2.08. The Labute approximate surface area is 370 Å². The molecule has 3 amide bonds. The number of aromatic amines is 2. The zero-order valence-corrected chi connectivity index (χ0v) is 36.6. The fraction of sp³-hybridized carbons (Fsp3) is 0.396. The highest BCUT2D eigenvalue weighted by Crippen LogP contribution is 2.44. The minimum Gasteiger partial charge on any atom is -0.488 e. The molecular formula is C48H54N8O8. The van der Waals surface area contributed by atoms with Crippen molar-refractivity contribution in [3.63, 3.8) is 0 Å². The summed E-state index contributed by atoms with van der Waals surface area (Å²) in [5, 5.41) is 18.0. The van der Waals surface area contributed by atoms with Gasteiger partial charge in [-0.2, -0.15) is 0 Å². The predicted molar refractivity (Wildman–Crippen MR) is 239 cm³/mol. The van der Waals surface area contributed by atoms with E-state index in [1.807, 2.05) is 66.2 Å². The van der Waals surface area contributed by atoms with Crippen LogP contribution in [0.15, 0.2) is 79.0 Å². The van der Waals surface area contributed by atoms with Crippen LogP contribution in [-0.2, 0) is 30.4 Å². The standard InChI is InChI=1S/C48H54N8O8/c1-26(2)40(53-47(59)62-4)45(57)55-17-9-12-37(55)43-49-22-36(51-43)30-13-15-32-31(19-30)25-64-39-21-33-29(20-34(32)39)14-16-35-42(33)52-44(50-35)38-18-27(24-61-3)23-56(38)46(58)41(54-48(60)63-5)28-10-7-6-8-11-28/h6-8,10-11,13-16,19-22,26-27,37-38,40-41,48,54,60H,9,12,17-18,23-25H2,1-5H3,(H,49,51)(H,50,52)(H,53,59). The first-order chi connectivity index (χ1) is 31.0. The Morgan fingerprint density at radius 2 is 1.77 bits per heavy atom. The van der Waals surface area contributed by atoms with Crippen molar-refractivity contribution in [1.82, 2.24) is 40.4 Å². The molecule has 16 heteroatoms. The number of benzene rings is 4. The minimum absolute atomic E-state index is 0.0816. The quantitative estimate of drug-likeness (QED) is 0.0796. The van der Waals surface area contributed by atoms with Crippen molar-refractivity contribution in [2.75, 3.05) is 41.0 Å². The molecule has 0 aliphatic carbocycles. The van der Waals surface area contributed by atoms with Gasteiger partial charge in [-0.25, -0.2) is 14.8 Å². The van der Waals surface area contributed by atoms with Gasteiger partial charge in [-0.05, 0) is 77.1 Å². The number of aromatic nitrogens is 4. The van der Waals surface area contributed by atoms with E-state index in [9.17, 15) is 19.5 Å². The van der Waals surface area contributed by atoms with Gasteiger partial charge >= 0.3 is 6.09 Å². The molecule has 6 aromatic rings. The number of H-pyrrole nitrogens is 2. The molecule has 334 valence electrons. The topological polar surface area (TPSA) is 196 Å². The third-order valence-corrected chi connectivity index (χ3v) is 12.8. The van der Waals surface area contributed by atoms with Crippen LogP contribution in [0.5, 0.6) is 5.75 Å². The highest BCUT2D eigenvalue weighted by molar-refractivity contribution is 6.07. The zero-order valence-electron chi connectivity index (χ0n) is 36.6. The number of ether oxygens (including phenoxy) is 4. The number of carbonyl (C=O) groups excluding carboxylic acids is 3. The second-order valence-electron chi connectivity index (χ2n) is 17.2. The molecule has 5 N–H and O–H groups in total. The summed E-state index contributed by atoms with van der Waals surface area (Å²) in [5.74, 6) is 1.74. The monoisotopic (exact) mass is 870 g/mol. The van der Waals surface area contributed by atoms with Gasteiger partial charge in [0.15, 0.2) is 0 Å². The second-order valence-corrected chi connectivity index (χ2v) is 17.2. The van der Waals surface area contributed by atoms with Gasteiger partial charge in [-0.3, -0.25) is 14.9 Å². The molecule has 6 atom stereocenters. The van der Waals surface area contributed by atoms with E-state index in [0.29, 0.717) is 49.9 Å². The van der Waals surface area contributed by atoms with E-state index in [2.05, 4.69) is 57.0 Å². The molecule has 2 saturated heterocycles. The van der Waals surface area contributed by atoms with Gasteiger partial charge in [0.1, 0.15) is 36.1 Å². The molecule has 2 aromatic heterocycles. The van der Waals surface area contributed by atoms with Crippen LogP contribution >= 0.6 is 0 Å². The molecule has 0 spiro atoms. The van der Waals surface area contributed by atoms with Crippen LogP contribution in [0.1, 0.15) is 74.0 Å².